The van der Waals surface area contributed by atoms with Crippen molar-refractivity contribution in [2.45, 2.75) is 32.6 Å². The summed E-state index contributed by atoms with van der Waals surface area (Å²) < 4.78 is 16.4. The number of fused-ring (bicyclic) bond motifs is 1. The number of carbonyl (C=O) groups excluding carboxylic acids is 2. The van der Waals surface area contributed by atoms with Gasteiger partial charge in [0.1, 0.15) is 11.5 Å². The van der Waals surface area contributed by atoms with Gasteiger partial charge in [0.25, 0.3) is 0 Å². The van der Waals surface area contributed by atoms with Gasteiger partial charge in [0, 0.05) is 22.0 Å². The van der Waals surface area contributed by atoms with E-state index in [-0.39, 0.29) is 5.97 Å². The van der Waals surface area contributed by atoms with Crippen LogP contribution in [0.5, 0.6) is 11.5 Å². The van der Waals surface area contributed by atoms with Crippen LogP contribution in [0.2, 0.25) is 0 Å². The molecule has 6 heteroatoms. The van der Waals surface area contributed by atoms with Crippen LogP contribution < -0.4 is 15.2 Å². The molecule has 0 saturated carbocycles. The van der Waals surface area contributed by atoms with Crippen molar-refractivity contribution >= 4 is 28.4 Å². The smallest absolute Gasteiger partial charge is 0.343 e. The van der Waals surface area contributed by atoms with Crippen molar-refractivity contribution in [1.82, 2.24) is 0 Å². The van der Waals surface area contributed by atoms with Gasteiger partial charge in [-0.25, -0.2) is 9.59 Å². The van der Waals surface area contributed by atoms with Crippen LogP contribution in [0.1, 0.15) is 43.0 Å². The van der Waals surface area contributed by atoms with E-state index in [0.717, 1.165) is 36.5 Å². The summed E-state index contributed by atoms with van der Waals surface area (Å²) >= 11 is 0. The zero-order valence-corrected chi connectivity index (χ0v) is 18.8. The van der Waals surface area contributed by atoms with Crippen LogP contribution in [0.25, 0.3) is 10.8 Å². The fraction of sp³-hybridized carbons (Fsp3) is 0.259. The Balaban J connectivity index is 1.41. The summed E-state index contributed by atoms with van der Waals surface area (Å²) in [6.07, 6.45) is 3.64. The van der Waals surface area contributed by atoms with Gasteiger partial charge in [0.05, 0.1) is 18.8 Å². The molecule has 0 unspecified atom stereocenters. The molecular formula is C27H29NO5. The van der Waals surface area contributed by atoms with E-state index in [0.29, 0.717) is 41.5 Å². The van der Waals surface area contributed by atoms with Crippen molar-refractivity contribution in [2.24, 2.45) is 0 Å². The number of anilines is 1. The molecule has 0 spiro atoms. The second kappa shape index (κ2) is 11.7. The molecule has 6 nitrogen and oxygen atoms in total. The Morgan fingerprint density at radius 3 is 2.21 bits per heavy atom. The maximum absolute atomic E-state index is 12.6. The Hall–Kier alpha value is -3.80. The highest BCUT2D eigenvalue weighted by Gasteiger charge is 2.12. The minimum absolute atomic E-state index is 0.340. The van der Waals surface area contributed by atoms with Crippen LogP contribution in [-0.4, -0.2) is 25.2 Å². The van der Waals surface area contributed by atoms with Crippen molar-refractivity contribution in [3.8, 4) is 11.5 Å². The summed E-state index contributed by atoms with van der Waals surface area (Å²) in [5, 5.41) is 1.64. The molecule has 172 valence electrons. The first-order valence-electron chi connectivity index (χ1n) is 11.0. The number of esters is 2. The number of benzene rings is 3. The second-order valence-corrected chi connectivity index (χ2v) is 7.79. The number of ether oxygens (including phenoxy) is 3. The zero-order valence-electron chi connectivity index (χ0n) is 18.8. The molecule has 0 heterocycles. The van der Waals surface area contributed by atoms with Gasteiger partial charge in [-0.1, -0.05) is 30.8 Å². The van der Waals surface area contributed by atoms with Crippen molar-refractivity contribution in [3.63, 3.8) is 0 Å². The van der Waals surface area contributed by atoms with E-state index in [2.05, 4.69) is 6.58 Å². The largest absolute Gasteiger partial charge is 0.494 e. The van der Waals surface area contributed by atoms with Crippen LogP contribution in [0, 0.1) is 0 Å². The quantitative estimate of drug-likeness (QED) is 0.133. The summed E-state index contributed by atoms with van der Waals surface area (Å²) in [4.78, 5) is 23.9. The Morgan fingerprint density at radius 1 is 0.848 bits per heavy atom. The van der Waals surface area contributed by atoms with E-state index in [1.807, 2.05) is 24.3 Å². The third-order valence-electron chi connectivity index (χ3n) is 5.10. The summed E-state index contributed by atoms with van der Waals surface area (Å²) in [5.41, 5.74) is 7.50. The first-order valence-corrected chi connectivity index (χ1v) is 11.0. The van der Waals surface area contributed by atoms with Crippen LogP contribution in [0.4, 0.5) is 5.69 Å². The number of rotatable bonds is 11. The minimum atomic E-state index is -0.441. The van der Waals surface area contributed by atoms with E-state index >= 15 is 0 Å². The lowest BCUT2D eigenvalue weighted by atomic mass is 10.1. The molecule has 0 aliphatic rings. The Labute approximate surface area is 193 Å². The monoisotopic (exact) mass is 447 g/mol. The molecule has 0 aliphatic heterocycles. The van der Waals surface area contributed by atoms with Crippen LogP contribution >= 0.6 is 0 Å². The molecule has 0 amide bonds. The fourth-order valence-corrected chi connectivity index (χ4v) is 3.27. The van der Waals surface area contributed by atoms with Crippen LogP contribution in [0.15, 0.2) is 72.8 Å². The topological polar surface area (TPSA) is 87.8 Å². The van der Waals surface area contributed by atoms with Gasteiger partial charge in [0.2, 0.25) is 0 Å². The van der Waals surface area contributed by atoms with Gasteiger partial charge in [-0.15, -0.1) is 0 Å². The predicted octanol–water partition coefficient (Wildman–Crippen LogP) is 5.70. The SMILES string of the molecule is C=C(C)C(=O)OCCCCCCOc1ccc(C(=O)Oc2ccc(N)c3ccccc23)cc1. The number of hydrogen-bond acceptors (Lipinski definition) is 6. The molecule has 0 aromatic heterocycles. The van der Waals surface area contributed by atoms with E-state index < -0.39 is 5.97 Å². The van der Waals surface area contributed by atoms with Crippen molar-refractivity contribution in [2.75, 3.05) is 18.9 Å². The highest BCUT2D eigenvalue weighted by Crippen LogP contribution is 2.30. The summed E-state index contributed by atoms with van der Waals surface area (Å²) in [5.74, 6) is 0.385. The number of nitrogens with two attached hydrogens (primary N) is 1. The van der Waals surface area contributed by atoms with Gasteiger partial charge in [-0.2, -0.15) is 0 Å². The number of hydrogen-bond donors (Lipinski definition) is 1. The third kappa shape index (κ3) is 6.84. The van der Waals surface area contributed by atoms with Crippen LogP contribution in [-0.2, 0) is 9.53 Å². The zero-order chi connectivity index (χ0) is 23.6. The minimum Gasteiger partial charge on any atom is -0.494 e. The Bertz CT molecular complexity index is 1120. The molecule has 0 atom stereocenters. The number of unbranched alkanes of at least 4 members (excludes halogenated alkanes) is 3. The Kier molecular flexibility index (Phi) is 8.47. The highest BCUT2D eigenvalue weighted by molar-refractivity contribution is 6.00. The Morgan fingerprint density at radius 2 is 1.52 bits per heavy atom. The molecule has 0 saturated heterocycles. The van der Waals surface area contributed by atoms with Gasteiger partial charge < -0.3 is 19.9 Å². The van der Waals surface area contributed by atoms with Crippen molar-refractivity contribution in [3.05, 3.63) is 78.4 Å². The molecule has 0 aliphatic carbocycles. The lowest BCUT2D eigenvalue weighted by Crippen LogP contribution is -2.09. The predicted molar refractivity (Wildman–Crippen MR) is 129 cm³/mol. The first kappa shape index (κ1) is 23.9. The van der Waals surface area contributed by atoms with Gasteiger partial charge in [0.15, 0.2) is 0 Å². The third-order valence-corrected chi connectivity index (χ3v) is 5.10. The van der Waals surface area contributed by atoms with Gasteiger partial charge in [-0.3, -0.25) is 0 Å². The first-order chi connectivity index (χ1) is 16.0. The second-order valence-electron chi connectivity index (χ2n) is 7.79. The lowest BCUT2D eigenvalue weighted by molar-refractivity contribution is -0.139. The summed E-state index contributed by atoms with van der Waals surface area (Å²) in [7, 11) is 0. The maximum atomic E-state index is 12.6. The fourth-order valence-electron chi connectivity index (χ4n) is 3.27. The molecule has 3 aromatic rings. The van der Waals surface area contributed by atoms with Gasteiger partial charge in [-0.05, 0) is 69.0 Å². The van der Waals surface area contributed by atoms with E-state index in [9.17, 15) is 9.59 Å². The average Bonchev–Trinajstić information content (AvgIpc) is 2.82. The normalized spacial score (nSPS) is 10.6. The van der Waals surface area contributed by atoms with Crippen molar-refractivity contribution in [1.29, 1.82) is 0 Å². The van der Waals surface area contributed by atoms with Crippen molar-refractivity contribution < 1.29 is 23.8 Å². The van der Waals surface area contributed by atoms with E-state index in [1.165, 1.54) is 0 Å². The average molecular weight is 448 g/mol. The highest BCUT2D eigenvalue weighted by atomic mass is 16.5. The molecule has 3 rings (SSSR count). The molecule has 0 bridgehead atoms. The molecule has 2 N–H and O–H groups in total. The summed E-state index contributed by atoms with van der Waals surface area (Å²) in [6, 6.07) is 17.9. The van der Waals surface area contributed by atoms with Gasteiger partial charge >= 0.3 is 11.9 Å². The number of nitrogen functional groups attached to an aromatic ring is 1. The molecule has 3 aromatic carbocycles. The molecule has 0 fully saturated rings. The summed E-state index contributed by atoms with van der Waals surface area (Å²) in [6.45, 7) is 6.17. The maximum Gasteiger partial charge on any atom is 0.343 e. The molecule has 0 radical (unpaired) electrons. The lowest BCUT2D eigenvalue weighted by Gasteiger charge is -2.10. The standard InChI is InChI=1S/C27H29NO5/c1-19(2)26(29)32-18-8-4-3-7-17-31-21-13-11-20(12-14-21)27(30)33-25-16-15-24(28)22-9-5-6-10-23(22)25/h5-6,9-16H,1,3-4,7-8,17-18,28H2,2H3. The molecular weight excluding hydrogens is 418 g/mol. The molecule has 33 heavy (non-hydrogen) atoms. The van der Waals surface area contributed by atoms with E-state index in [4.69, 9.17) is 19.9 Å². The van der Waals surface area contributed by atoms with E-state index in [1.54, 1.807) is 43.3 Å². The number of carbonyl (C=O) groups is 2. The van der Waals surface area contributed by atoms with Crippen LogP contribution in [0.3, 0.4) is 0 Å².